The molecule has 1 saturated heterocycles. The first kappa shape index (κ1) is 15.4. The lowest BCUT2D eigenvalue weighted by Crippen LogP contribution is -2.52. The van der Waals surface area contributed by atoms with Gasteiger partial charge in [0, 0.05) is 58.4 Å². The molecule has 0 atom stereocenters. The highest BCUT2D eigenvalue weighted by molar-refractivity contribution is 5.80. The van der Waals surface area contributed by atoms with E-state index < -0.39 is 0 Å². The molecule has 122 valence electrons. The number of aliphatic imine (C=N–C) groups is 1. The Morgan fingerprint density at radius 1 is 1.17 bits per heavy atom. The molecule has 6 nitrogen and oxygen atoms in total. The first-order valence-electron chi connectivity index (χ1n) is 7.99. The number of aryl methyl sites for hydroxylation is 1. The van der Waals surface area contributed by atoms with Gasteiger partial charge in [-0.05, 0) is 24.3 Å². The number of piperazine rings is 1. The number of hydrogen-bond acceptors (Lipinski definition) is 3. The van der Waals surface area contributed by atoms with Gasteiger partial charge in [-0.2, -0.15) is 0 Å². The van der Waals surface area contributed by atoms with Gasteiger partial charge >= 0.3 is 0 Å². The van der Waals surface area contributed by atoms with Crippen molar-refractivity contribution in [2.24, 2.45) is 12.0 Å². The topological polar surface area (TPSA) is 48.7 Å². The largest absolute Gasteiger partial charge is 0.353 e. The summed E-state index contributed by atoms with van der Waals surface area (Å²) in [7, 11) is 3.91. The van der Waals surface area contributed by atoms with Crippen LogP contribution in [0.1, 0.15) is 5.69 Å². The molecule has 23 heavy (non-hydrogen) atoms. The Labute approximate surface area is 137 Å². The van der Waals surface area contributed by atoms with E-state index in [1.54, 1.807) is 0 Å². The standard InChI is InChI=1S/C17H24N6/c1-18-17(20-14-15-6-5-9-21(15)2)23-12-10-22(11-13-23)16-7-3-4-8-19-16/h3-9H,10-14H2,1-2H3,(H,18,20). The summed E-state index contributed by atoms with van der Waals surface area (Å²) in [5.41, 5.74) is 1.25. The normalized spacial score (nSPS) is 15.8. The second kappa shape index (κ2) is 7.17. The van der Waals surface area contributed by atoms with Crippen molar-refractivity contribution in [3.05, 3.63) is 48.4 Å². The Kier molecular flexibility index (Phi) is 4.80. The molecule has 3 heterocycles. The van der Waals surface area contributed by atoms with Crippen molar-refractivity contribution in [3.8, 4) is 0 Å². The zero-order valence-corrected chi connectivity index (χ0v) is 13.8. The van der Waals surface area contributed by atoms with Crippen molar-refractivity contribution in [1.82, 2.24) is 19.8 Å². The van der Waals surface area contributed by atoms with Crippen LogP contribution in [0.25, 0.3) is 0 Å². The van der Waals surface area contributed by atoms with Gasteiger partial charge in [0.15, 0.2) is 5.96 Å². The summed E-state index contributed by atoms with van der Waals surface area (Å²) in [6, 6.07) is 10.2. The minimum Gasteiger partial charge on any atom is -0.353 e. The highest BCUT2D eigenvalue weighted by Gasteiger charge is 2.20. The summed E-state index contributed by atoms with van der Waals surface area (Å²) < 4.78 is 2.12. The minimum atomic E-state index is 0.788. The Balaban J connectivity index is 1.54. The lowest BCUT2D eigenvalue weighted by molar-refractivity contribution is 0.371. The van der Waals surface area contributed by atoms with Gasteiger partial charge in [0.2, 0.25) is 0 Å². The molecule has 1 aliphatic rings. The maximum Gasteiger partial charge on any atom is 0.194 e. The fourth-order valence-electron chi connectivity index (χ4n) is 2.87. The van der Waals surface area contributed by atoms with Crippen LogP contribution in [0.2, 0.25) is 0 Å². The van der Waals surface area contributed by atoms with Gasteiger partial charge in [-0.15, -0.1) is 0 Å². The van der Waals surface area contributed by atoms with E-state index in [0.717, 1.165) is 44.5 Å². The van der Waals surface area contributed by atoms with E-state index in [4.69, 9.17) is 0 Å². The maximum absolute atomic E-state index is 4.43. The average molecular weight is 312 g/mol. The summed E-state index contributed by atoms with van der Waals surface area (Å²) in [4.78, 5) is 13.5. The predicted molar refractivity (Wildman–Crippen MR) is 93.6 cm³/mol. The van der Waals surface area contributed by atoms with Crippen molar-refractivity contribution >= 4 is 11.8 Å². The fraction of sp³-hybridized carbons (Fsp3) is 0.412. The zero-order chi connectivity index (χ0) is 16.1. The molecule has 3 rings (SSSR count). The number of anilines is 1. The average Bonchev–Trinajstić information content (AvgIpc) is 3.02. The number of hydrogen-bond donors (Lipinski definition) is 1. The van der Waals surface area contributed by atoms with Crippen molar-refractivity contribution < 1.29 is 0 Å². The van der Waals surface area contributed by atoms with Gasteiger partial charge in [0.25, 0.3) is 0 Å². The number of rotatable bonds is 3. The van der Waals surface area contributed by atoms with Crippen molar-refractivity contribution in [2.75, 3.05) is 38.1 Å². The molecule has 0 aromatic carbocycles. The molecule has 0 bridgehead atoms. The number of nitrogens with zero attached hydrogens (tertiary/aromatic N) is 5. The van der Waals surface area contributed by atoms with Crippen molar-refractivity contribution in [3.63, 3.8) is 0 Å². The number of guanidine groups is 1. The predicted octanol–water partition coefficient (Wildman–Crippen LogP) is 1.32. The van der Waals surface area contributed by atoms with Crippen molar-refractivity contribution in [1.29, 1.82) is 0 Å². The summed E-state index contributed by atoms with van der Waals surface area (Å²) in [5, 5.41) is 3.46. The molecule has 2 aromatic rings. The Morgan fingerprint density at radius 2 is 2.00 bits per heavy atom. The Hall–Kier alpha value is -2.50. The van der Waals surface area contributed by atoms with Crippen LogP contribution in [0.15, 0.2) is 47.7 Å². The molecule has 6 heteroatoms. The molecule has 0 saturated carbocycles. The molecule has 0 amide bonds. The Morgan fingerprint density at radius 3 is 2.61 bits per heavy atom. The van der Waals surface area contributed by atoms with Gasteiger partial charge in [-0.3, -0.25) is 4.99 Å². The van der Waals surface area contributed by atoms with Crippen LogP contribution in [-0.4, -0.2) is 53.6 Å². The van der Waals surface area contributed by atoms with Gasteiger partial charge in [0.1, 0.15) is 5.82 Å². The monoisotopic (exact) mass is 312 g/mol. The molecule has 1 N–H and O–H groups in total. The molecule has 0 spiro atoms. The van der Waals surface area contributed by atoms with Crippen LogP contribution in [0, 0.1) is 0 Å². The quantitative estimate of drug-likeness (QED) is 0.686. The summed E-state index contributed by atoms with van der Waals surface area (Å²) in [6.07, 6.45) is 3.91. The van der Waals surface area contributed by atoms with Crippen LogP contribution in [0.5, 0.6) is 0 Å². The first-order chi connectivity index (χ1) is 11.3. The van der Waals surface area contributed by atoms with E-state index in [0.29, 0.717) is 0 Å². The van der Waals surface area contributed by atoms with Crippen LogP contribution < -0.4 is 10.2 Å². The van der Waals surface area contributed by atoms with Crippen LogP contribution in [0.4, 0.5) is 5.82 Å². The van der Waals surface area contributed by atoms with E-state index in [1.807, 2.05) is 25.4 Å². The molecular formula is C17H24N6. The van der Waals surface area contributed by atoms with Gasteiger partial charge in [-0.1, -0.05) is 6.07 Å². The molecule has 2 aromatic heterocycles. The molecular weight excluding hydrogens is 288 g/mol. The fourth-order valence-corrected chi connectivity index (χ4v) is 2.87. The highest BCUT2D eigenvalue weighted by atomic mass is 15.4. The molecule has 1 aliphatic heterocycles. The van der Waals surface area contributed by atoms with Gasteiger partial charge in [0.05, 0.1) is 6.54 Å². The van der Waals surface area contributed by atoms with Gasteiger partial charge < -0.3 is 19.7 Å². The van der Waals surface area contributed by atoms with Crippen LogP contribution in [0.3, 0.4) is 0 Å². The molecule has 0 radical (unpaired) electrons. The van der Waals surface area contributed by atoms with Crippen LogP contribution in [-0.2, 0) is 13.6 Å². The van der Waals surface area contributed by atoms with E-state index in [-0.39, 0.29) is 0 Å². The van der Waals surface area contributed by atoms with Crippen LogP contribution >= 0.6 is 0 Å². The second-order valence-corrected chi connectivity index (χ2v) is 5.67. The third-order valence-corrected chi connectivity index (χ3v) is 4.24. The number of pyridine rings is 1. The highest BCUT2D eigenvalue weighted by Crippen LogP contribution is 2.12. The SMILES string of the molecule is CN=C(NCc1cccn1C)N1CCN(c2ccccn2)CC1. The Bertz CT molecular complexity index is 640. The van der Waals surface area contributed by atoms with E-state index in [2.05, 4.69) is 61.1 Å². The second-order valence-electron chi connectivity index (χ2n) is 5.67. The summed E-state index contributed by atoms with van der Waals surface area (Å²) >= 11 is 0. The van der Waals surface area contributed by atoms with Gasteiger partial charge in [-0.25, -0.2) is 4.98 Å². The molecule has 0 unspecified atom stereocenters. The van der Waals surface area contributed by atoms with E-state index in [9.17, 15) is 0 Å². The third kappa shape index (κ3) is 3.64. The minimum absolute atomic E-state index is 0.788. The van der Waals surface area contributed by atoms with Crippen molar-refractivity contribution in [2.45, 2.75) is 6.54 Å². The lowest BCUT2D eigenvalue weighted by atomic mass is 10.3. The smallest absolute Gasteiger partial charge is 0.194 e. The molecule has 1 fully saturated rings. The zero-order valence-electron chi connectivity index (χ0n) is 13.8. The van der Waals surface area contributed by atoms with E-state index in [1.165, 1.54) is 5.69 Å². The lowest BCUT2D eigenvalue weighted by Gasteiger charge is -2.37. The van der Waals surface area contributed by atoms with E-state index >= 15 is 0 Å². The summed E-state index contributed by atoms with van der Waals surface area (Å²) in [5.74, 6) is 2.02. The maximum atomic E-state index is 4.43. The third-order valence-electron chi connectivity index (χ3n) is 4.24. The number of aromatic nitrogens is 2. The number of nitrogens with one attached hydrogen (secondary N) is 1. The molecule has 0 aliphatic carbocycles. The summed E-state index contributed by atoms with van der Waals surface area (Å²) in [6.45, 7) is 4.60. The first-order valence-corrected chi connectivity index (χ1v) is 7.99.